The van der Waals surface area contributed by atoms with Crippen molar-refractivity contribution >= 4 is 26.7 Å². The number of aromatic nitrogens is 1. The molecule has 4 rings (SSSR count). The Kier molecular flexibility index (Phi) is 5.63. The summed E-state index contributed by atoms with van der Waals surface area (Å²) in [6.45, 7) is 2.54. The maximum Gasteiger partial charge on any atom is 0.186 e. The average Bonchev–Trinajstić information content (AvgIpc) is 3.11. The molecule has 0 aliphatic carbocycles. The number of rotatable bonds is 4. The minimum atomic E-state index is -1.20. The molecule has 8 heteroatoms. The zero-order valence-electron chi connectivity index (χ0n) is 15.2. The monoisotopic (exact) mass is 393 g/mol. The van der Waals surface area contributed by atoms with Crippen LogP contribution in [0.5, 0.6) is 0 Å². The summed E-state index contributed by atoms with van der Waals surface area (Å²) in [5, 5.41) is 40.8. The van der Waals surface area contributed by atoms with Gasteiger partial charge in [-0.05, 0) is 30.9 Å². The van der Waals surface area contributed by atoms with Crippen LogP contribution in [0, 0.1) is 5.92 Å². The number of benzene rings is 1. The van der Waals surface area contributed by atoms with Gasteiger partial charge in [-0.1, -0.05) is 23.5 Å². The van der Waals surface area contributed by atoms with Crippen LogP contribution in [0.1, 0.15) is 12.8 Å². The van der Waals surface area contributed by atoms with E-state index in [1.165, 1.54) is 4.70 Å². The number of nitrogens with zero attached hydrogens (tertiary/aromatic N) is 3. The Morgan fingerprint density at radius 1 is 1.11 bits per heavy atom. The van der Waals surface area contributed by atoms with Crippen LogP contribution in [0.3, 0.4) is 0 Å². The van der Waals surface area contributed by atoms with Gasteiger partial charge >= 0.3 is 0 Å². The van der Waals surface area contributed by atoms with Crippen LogP contribution in [-0.4, -0.2) is 87.4 Å². The highest BCUT2D eigenvalue weighted by molar-refractivity contribution is 7.22. The van der Waals surface area contributed by atoms with Crippen LogP contribution in [0.15, 0.2) is 24.3 Å². The van der Waals surface area contributed by atoms with Crippen LogP contribution in [0.25, 0.3) is 10.2 Å². The average molecular weight is 394 g/mol. The topological polar surface area (TPSA) is 100 Å². The normalized spacial score (nSPS) is 32.9. The number of para-hydroxylation sites is 1. The summed E-state index contributed by atoms with van der Waals surface area (Å²) >= 11 is 1.71. The predicted octanol–water partition coefficient (Wildman–Crippen LogP) is 0.272. The van der Waals surface area contributed by atoms with Gasteiger partial charge in [0.15, 0.2) is 5.13 Å². The first-order valence-corrected chi connectivity index (χ1v) is 10.4. The molecule has 27 heavy (non-hydrogen) atoms. The lowest BCUT2D eigenvalue weighted by Gasteiger charge is -2.45. The van der Waals surface area contributed by atoms with Crippen molar-refractivity contribution in [2.45, 2.75) is 37.2 Å². The summed E-state index contributed by atoms with van der Waals surface area (Å²) < 4.78 is 1.19. The maximum atomic E-state index is 10.2. The van der Waals surface area contributed by atoms with Crippen molar-refractivity contribution in [3.05, 3.63) is 24.3 Å². The predicted molar refractivity (Wildman–Crippen MR) is 105 cm³/mol. The van der Waals surface area contributed by atoms with Gasteiger partial charge in [-0.3, -0.25) is 4.90 Å². The van der Waals surface area contributed by atoms with Crippen molar-refractivity contribution in [2.24, 2.45) is 5.92 Å². The first-order chi connectivity index (χ1) is 13.1. The summed E-state index contributed by atoms with van der Waals surface area (Å²) in [6, 6.07) is 7.61. The van der Waals surface area contributed by atoms with Crippen molar-refractivity contribution in [1.82, 2.24) is 9.88 Å². The molecule has 0 bridgehead atoms. The van der Waals surface area contributed by atoms with Crippen LogP contribution in [-0.2, 0) is 0 Å². The fraction of sp³-hybridized carbons (Fsp3) is 0.632. The van der Waals surface area contributed by atoms with Crippen molar-refractivity contribution in [1.29, 1.82) is 0 Å². The van der Waals surface area contributed by atoms with E-state index in [-0.39, 0.29) is 13.2 Å². The number of anilines is 1. The second-order valence-corrected chi connectivity index (χ2v) is 8.68. The number of thiazole rings is 1. The molecule has 5 atom stereocenters. The number of hydrogen-bond acceptors (Lipinski definition) is 8. The quantitative estimate of drug-likeness (QED) is 0.592. The van der Waals surface area contributed by atoms with Crippen molar-refractivity contribution in [3.8, 4) is 0 Å². The largest absolute Gasteiger partial charge is 0.395 e. The van der Waals surface area contributed by atoms with Crippen molar-refractivity contribution < 1.29 is 20.4 Å². The van der Waals surface area contributed by atoms with E-state index < -0.39 is 24.4 Å². The van der Waals surface area contributed by atoms with E-state index in [0.717, 1.165) is 36.6 Å². The van der Waals surface area contributed by atoms with Crippen molar-refractivity contribution in [3.63, 3.8) is 0 Å². The number of aliphatic hydroxyl groups excluding tert-OH is 4. The van der Waals surface area contributed by atoms with E-state index in [2.05, 4.69) is 11.0 Å². The number of fused-ring (bicyclic) bond motifs is 1. The zero-order valence-corrected chi connectivity index (χ0v) is 16.0. The molecule has 0 spiro atoms. The highest BCUT2D eigenvalue weighted by atomic mass is 32.1. The summed E-state index contributed by atoms with van der Waals surface area (Å²) in [5.41, 5.74) is 1.02. The van der Waals surface area contributed by atoms with E-state index in [4.69, 9.17) is 4.98 Å². The van der Waals surface area contributed by atoms with Gasteiger partial charge in [-0.15, -0.1) is 0 Å². The second kappa shape index (κ2) is 7.98. The molecule has 0 radical (unpaired) electrons. The lowest BCUT2D eigenvalue weighted by Crippen LogP contribution is -2.63. The van der Waals surface area contributed by atoms with E-state index in [1.807, 2.05) is 23.1 Å². The molecule has 3 heterocycles. The standard InChI is InChI=1S/C19H27N3O4S/c23-11-14-17(25)18(26)15(24)10-22(14)9-12-4-3-7-21(8-12)19-20-13-5-1-2-6-16(13)27-19/h1-2,5-6,12,14-15,17-18,23-26H,3-4,7-11H2/t12-,14+,15-,17+,18+/m0/s1. The lowest BCUT2D eigenvalue weighted by atomic mass is 9.91. The molecule has 2 aromatic rings. The Hall–Kier alpha value is -1.29. The van der Waals surface area contributed by atoms with E-state index in [1.54, 1.807) is 11.3 Å². The molecule has 0 amide bonds. The Morgan fingerprint density at radius 2 is 1.93 bits per heavy atom. The highest BCUT2D eigenvalue weighted by Crippen LogP contribution is 2.32. The molecular formula is C19H27N3O4S. The number of aliphatic hydroxyl groups is 4. The molecule has 2 fully saturated rings. The van der Waals surface area contributed by atoms with Gasteiger partial charge in [0.2, 0.25) is 0 Å². The minimum Gasteiger partial charge on any atom is -0.395 e. The fourth-order valence-electron chi connectivity index (χ4n) is 4.30. The number of likely N-dealkylation sites (tertiary alicyclic amines) is 1. The number of piperidine rings is 2. The van der Waals surface area contributed by atoms with E-state index >= 15 is 0 Å². The van der Waals surface area contributed by atoms with Crippen LogP contribution < -0.4 is 4.90 Å². The van der Waals surface area contributed by atoms with Gasteiger partial charge in [-0.2, -0.15) is 0 Å². The van der Waals surface area contributed by atoms with Gasteiger partial charge < -0.3 is 25.3 Å². The molecule has 0 unspecified atom stereocenters. The molecule has 1 aromatic carbocycles. The van der Waals surface area contributed by atoms with Crippen molar-refractivity contribution in [2.75, 3.05) is 37.7 Å². The van der Waals surface area contributed by atoms with Crippen LogP contribution in [0.4, 0.5) is 5.13 Å². The third-order valence-corrected chi connectivity index (χ3v) is 6.88. The summed E-state index contributed by atoms with van der Waals surface area (Å²) in [4.78, 5) is 9.00. The highest BCUT2D eigenvalue weighted by Gasteiger charge is 2.41. The number of hydrogen-bond donors (Lipinski definition) is 4. The Labute approximate surface area is 162 Å². The van der Waals surface area contributed by atoms with Crippen LogP contribution in [0.2, 0.25) is 0 Å². The molecule has 2 aliphatic rings. The molecule has 2 saturated heterocycles. The zero-order chi connectivity index (χ0) is 19.0. The maximum absolute atomic E-state index is 10.2. The Bertz CT molecular complexity index is 739. The summed E-state index contributed by atoms with van der Waals surface area (Å²) in [5.74, 6) is 0.356. The third kappa shape index (κ3) is 3.83. The molecule has 1 aromatic heterocycles. The molecule has 2 aliphatic heterocycles. The fourth-order valence-corrected chi connectivity index (χ4v) is 5.30. The third-order valence-electron chi connectivity index (χ3n) is 5.78. The molecule has 4 N–H and O–H groups in total. The first kappa shape index (κ1) is 19.0. The minimum absolute atomic E-state index is 0.237. The van der Waals surface area contributed by atoms with Gasteiger partial charge in [-0.25, -0.2) is 4.98 Å². The molecular weight excluding hydrogens is 366 g/mol. The Balaban J connectivity index is 1.45. The first-order valence-electron chi connectivity index (χ1n) is 9.56. The van der Waals surface area contributed by atoms with Gasteiger partial charge in [0.25, 0.3) is 0 Å². The SMILES string of the molecule is OC[C@@H]1[C@@H](O)[C@H](O)[C@@H](O)CN1C[C@H]1CCCN(c2nc3ccccc3s2)C1. The molecule has 0 saturated carbocycles. The van der Waals surface area contributed by atoms with Gasteiger partial charge in [0.05, 0.1) is 29.0 Å². The Morgan fingerprint density at radius 3 is 2.70 bits per heavy atom. The van der Waals surface area contributed by atoms with Gasteiger partial charge in [0.1, 0.15) is 12.2 Å². The summed E-state index contributed by atoms with van der Waals surface area (Å²) in [6.07, 6.45) is -1.21. The van der Waals surface area contributed by atoms with E-state index in [0.29, 0.717) is 12.5 Å². The second-order valence-electron chi connectivity index (χ2n) is 7.67. The van der Waals surface area contributed by atoms with E-state index in [9.17, 15) is 20.4 Å². The van der Waals surface area contributed by atoms with Crippen LogP contribution >= 0.6 is 11.3 Å². The summed E-state index contributed by atoms with van der Waals surface area (Å²) in [7, 11) is 0. The molecule has 7 nitrogen and oxygen atoms in total. The van der Waals surface area contributed by atoms with Gasteiger partial charge in [0, 0.05) is 26.2 Å². The molecule has 148 valence electrons. The smallest absolute Gasteiger partial charge is 0.186 e. The number of β-amino-alcohol motifs (C(OH)–C–C–N with tert-alkyl or cyclic N) is 1. The lowest BCUT2D eigenvalue weighted by molar-refractivity contribution is -0.147.